The molecule has 0 saturated heterocycles. The van der Waals surface area contributed by atoms with Crippen molar-refractivity contribution in [3.63, 3.8) is 0 Å². The minimum atomic E-state index is -0.621. The molecule has 1 rings (SSSR count). The van der Waals surface area contributed by atoms with Gasteiger partial charge >= 0.3 is 0 Å². The van der Waals surface area contributed by atoms with Crippen LogP contribution in [0.1, 0.15) is 20.3 Å². The maximum atomic E-state index is 9.86. The van der Waals surface area contributed by atoms with Gasteiger partial charge in [-0.1, -0.05) is 22.9 Å². The molecule has 1 unspecified atom stereocenters. The molecule has 0 aliphatic heterocycles. The van der Waals surface area contributed by atoms with Crippen LogP contribution >= 0.6 is 27.7 Å². The van der Waals surface area contributed by atoms with Gasteiger partial charge in [0.2, 0.25) is 0 Å². The summed E-state index contributed by atoms with van der Waals surface area (Å²) in [5.41, 5.74) is 5.99. The third-order valence-corrected chi connectivity index (χ3v) is 4.21. The first-order chi connectivity index (χ1) is 6.94. The molecule has 1 aromatic carbocycles. The Morgan fingerprint density at radius 3 is 2.73 bits per heavy atom. The predicted molar refractivity (Wildman–Crippen MR) is 70.2 cm³/mol. The fraction of sp³-hybridized carbons (Fsp3) is 0.455. The van der Waals surface area contributed by atoms with Crippen LogP contribution in [0, 0.1) is 0 Å². The van der Waals surface area contributed by atoms with Gasteiger partial charge < -0.3 is 10.8 Å². The molecule has 0 aliphatic carbocycles. The first-order valence-electron chi connectivity index (χ1n) is 4.85. The summed E-state index contributed by atoms with van der Waals surface area (Å²) < 4.78 is 0.978. The summed E-state index contributed by atoms with van der Waals surface area (Å²) in [7, 11) is 0. The molecule has 0 fully saturated rings. The standard InChI is InChI=1S/C11H16BrNOS/c1-3-11(2,14)7-15-10-5-4-8(12)6-9(10)13/h4-6,14H,3,7,13H2,1-2H3. The van der Waals surface area contributed by atoms with Crippen LogP contribution in [0.2, 0.25) is 0 Å². The van der Waals surface area contributed by atoms with E-state index in [1.165, 1.54) is 0 Å². The lowest BCUT2D eigenvalue weighted by molar-refractivity contribution is 0.0816. The second-order valence-electron chi connectivity index (χ2n) is 3.82. The normalized spacial score (nSPS) is 14.9. The Morgan fingerprint density at radius 1 is 1.53 bits per heavy atom. The number of rotatable bonds is 4. The molecule has 15 heavy (non-hydrogen) atoms. The Kier molecular flexibility index (Phi) is 4.49. The number of hydrogen-bond acceptors (Lipinski definition) is 3. The number of nitrogen functional groups attached to an aromatic ring is 1. The van der Waals surface area contributed by atoms with Gasteiger partial charge in [0.05, 0.1) is 5.60 Å². The zero-order valence-electron chi connectivity index (χ0n) is 8.96. The molecule has 0 spiro atoms. The maximum Gasteiger partial charge on any atom is 0.0710 e. The Labute approximate surface area is 103 Å². The van der Waals surface area contributed by atoms with E-state index in [-0.39, 0.29) is 0 Å². The third kappa shape index (κ3) is 4.05. The summed E-state index contributed by atoms with van der Waals surface area (Å²) in [4.78, 5) is 1.02. The van der Waals surface area contributed by atoms with Gasteiger partial charge in [-0.15, -0.1) is 11.8 Å². The van der Waals surface area contributed by atoms with Crippen LogP contribution in [0.25, 0.3) is 0 Å². The van der Waals surface area contributed by atoms with E-state index in [1.54, 1.807) is 11.8 Å². The topological polar surface area (TPSA) is 46.2 Å². The van der Waals surface area contributed by atoms with E-state index in [2.05, 4.69) is 15.9 Å². The molecular formula is C11H16BrNOS. The molecule has 4 heteroatoms. The summed E-state index contributed by atoms with van der Waals surface area (Å²) in [6.07, 6.45) is 0.746. The number of nitrogens with two attached hydrogens (primary N) is 1. The van der Waals surface area contributed by atoms with Gasteiger partial charge in [-0.05, 0) is 31.5 Å². The van der Waals surface area contributed by atoms with Crippen LogP contribution in [0.3, 0.4) is 0 Å². The highest BCUT2D eigenvalue weighted by Gasteiger charge is 2.18. The first-order valence-corrected chi connectivity index (χ1v) is 6.62. The van der Waals surface area contributed by atoms with Gasteiger partial charge in [0, 0.05) is 20.8 Å². The molecular weight excluding hydrogens is 274 g/mol. The Morgan fingerprint density at radius 2 is 2.20 bits per heavy atom. The molecule has 0 heterocycles. The van der Waals surface area contributed by atoms with Crippen LogP contribution < -0.4 is 5.73 Å². The number of halogens is 1. The maximum absolute atomic E-state index is 9.86. The van der Waals surface area contributed by atoms with Crippen LogP contribution in [0.5, 0.6) is 0 Å². The Balaban J connectivity index is 2.66. The van der Waals surface area contributed by atoms with Gasteiger partial charge in [-0.2, -0.15) is 0 Å². The van der Waals surface area contributed by atoms with Crippen molar-refractivity contribution < 1.29 is 5.11 Å². The van der Waals surface area contributed by atoms with E-state index in [4.69, 9.17) is 5.73 Å². The second kappa shape index (κ2) is 5.23. The van der Waals surface area contributed by atoms with Crippen LogP contribution in [-0.4, -0.2) is 16.5 Å². The largest absolute Gasteiger partial charge is 0.398 e. The number of thioether (sulfide) groups is 1. The fourth-order valence-electron chi connectivity index (χ4n) is 0.986. The highest BCUT2D eigenvalue weighted by atomic mass is 79.9. The lowest BCUT2D eigenvalue weighted by Crippen LogP contribution is -2.25. The van der Waals surface area contributed by atoms with Gasteiger partial charge in [-0.3, -0.25) is 0 Å². The van der Waals surface area contributed by atoms with Gasteiger partial charge in [0.25, 0.3) is 0 Å². The zero-order valence-corrected chi connectivity index (χ0v) is 11.4. The van der Waals surface area contributed by atoms with E-state index in [1.807, 2.05) is 32.0 Å². The molecule has 0 radical (unpaired) electrons. The van der Waals surface area contributed by atoms with Gasteiger partial charge in [0.15, 0.2) is 0 Å². The highest BCUT2D eigenvalue weighted by molar-refractivity contribution is 9.10. The van der Waals surface area contributed by atoms with E-state index in [9.17, 15) is 5.11 Å². The summed E-state index contributed by atoms with van der Waals surface area (Å²) in [5, 5.41) is 9.86. The van der Waals surface area contributed by atoms with E-state index >= 15 is 0 Å². The molecule has 84 valence electrons. The van der Waals surface area contributed by atoms with Crippen molar-refractivity contribution >= 4 is 33.4 Å². The molecule has 3 N–H and O–H groups in total. The van der Waals surface area contributed by atoms with Gasteiger partial charge in [-0.25, -0.2) is 0 Å². The summed E-state index contributed by atoms with van der Waals surface area (Å²) in [6, 6.07) is 5.80. The molecule has 0 bridgehead atoms. The highest BCUT2D eigenvalue weighted by Crippen LogP contribution is 2.30. The van der Waals surface area contributed by atoms with E-state index in [0.29, 0.717) is 5.75 Å². The van der Waals surface area contributed by atoms with Crippen LogP contribution in [-0.2, 0) is 0 Å². The van der Waals surface area contributed by atoms with Gasteiger partial charge in [0.1, 0.15) is 0 Å². The number of anilines is 1. The lowest BCUT2D eigenvalue weighted by atomic mass is 10.1. The Bertz CT molecular complexity index is 341. The van der Waals surface area contributed by atoms with Crippen molar-refractivity contribution in [3.8, 4) is 0 Å². The third-order valence-electron chi connectivity index (χ3n) is 2.27. The summed E-state index contributed by atoms with van der Waals surface area (Å²) >= 11 is 4.95. The van der Waals surface area contributed by atoms with Crippen molar-refractivity contribution in [2.75, 3.05) is 11.5 Å². The zero-order chi connectivity index (χ0) is 11.5. The number of benzene rings is 1. The minimum Gasteiger partial charge on any atom is -0.398 e. The number of hydrogen-bond donors (Lipinski definition) is 2. The van der Waals surface area contributed by atoms with Crippen molar-refractivity contribution in [2.24, 2.45) is 0 Å². The van der Waals surface area contributed by atoms with Crippen LogP contribution in [0.15, 0.2) is 27.6 Å². The molecule has 0 amide bonds. The smallest absolute Gasteiger partial charge is 0.0710 e. The number of aliphatic hydroxyl groups is 1. The molecule has 0 aromatic heterocycles. The monoisotopic (exact) mass is 289 g/mol. The molecule has 2 nitrogen and oxygen atoms in total. The average Bonchev–Trinajstić information content (AvgIpc) is 2.16. The molecule has 1 aromatic rings. The Hall–Kier alpha value is -0.190. The molecule has 0 saturated carbocycles. The van der Waals surface area contributed by atoms with Crippen molar-refractivity contribution in [1.82, 2.24) is 0 Å². The first kappa shape index (κ1) is 12.9. The SMILES string of the molecule is CCC(C)(O)CSc1ccc(Br)cc1N. The summed E-state index contributed by atoms with van der Waals surface area (Å²) in [5.74, 6) is 0.662. The lowest BCUT2D eigenvalue weighted by Gasteiger charge is -2.20. The van der Waals surface area contributed by atoms with E-state index in [0.717, 1.165) is 21.5 Å². The molecule has 0 aliphatic rings. The predicted octanol–water partition coefficient (Wildman–Crippen LogP) is 3.28. The van der Waals surface area contributed by atoms with E-state index < -0.39 is 5.60 Å². The van der Waals surface area contributed by atoms with Crippen molar-refractivity contribution in [2.45, 2.75) is 30.8 Å². The second-order valence-corrected chi connectivity index (χ2v) is 5.75. The fourth-order valence-corrected chi connectivity index (χ4v) is 2.43. The quantitative estimate of drug-likeness (QED) is 0.661. The van der Waals surface area contributed by atoms with Crippen LogP contribution in [0.4, 0.5) is 5.69 Å². The van der Waals surface area contributed by atoms with Crippen molar-refractivity contribution in [1.29, 1.82) is 0 Å². The molecule has 1 atom stereocenters. The van der Waals surface area contributed by atoms with Crippen molar-refractivity contribution in [3.05, 3.63) is 22.7 Å². The average molecular weight is 290 g/mol. The minimum absolute atomic E-state index is 0.621. The summed E-state index contributed by atoms with van der Waals surface area (Å²) in [6.45, 7) is 3.82.